The van der Waals surface area contributed by atoms with E-state index in [2.05, 4.69) is 15.3 Å². The highest BCUT2D eigenvalue weighted by atomic mass is 16.5. The zero-order valence-electron chi connectivity index (χ0n) is 13.4. The molecular weight excluding hydrogens is 310 g/mol. The molecular formula is C17H17N3O4. The second-order valence-electron chi connectivity index (χ2n) is 5.63. The second kappa shape index (κ2) is 6.27. The van der Waals surface area contributed by atoms with E-state index in [-0.39, 0.29) is 5.56 Å². The maximum absolute atomic E-state index is 12.4. The van der Waals surface area contributed by atoms with Crippen molar-refractivity contribution in [2.45, 2.75) is 26.3 Å². The topological polar surface area (TPSA) is 101 Å². The first-order chi connectivity index (χ1) is 11.5. The zero-order chi connectivity index (χ0) is 17.3. The molecule has 7 heteroatoms. The van der Waals surface area contributed by atoms with E-state index in [1.165, 1.54) is 6.20 Å². The van der Waals surface area contributed by atoms with Crippen LogP contribution < -0.4 is 10.1 Å². The standard InChI is InChI=1S/C17H17N3O4/c1-9-13(8-18-10(2)19-9)16(21)20-15(17(22)23)12-3-4-14-11(7-12)5-6-24-14/h3-4,7-8,15H,5-6H2,1-2H3,(H,20,21)(H,22,23)/t15-/m0/s1. The Hall–Kier alpha value is -2.96. The van der Waals surface area contributed by atoms with Crippen molar-refractivity contribution < 1.29 is 19.4 Å². The highest BCUT2D eigenvalue weighted by molar-refractivity contribution is 5.97. The van der Waals surface area contributed by atoms with Gasteiger partial charge in [-0.15, -0.1) is 0 Å². The number of nitrogens with zero attached hydrogens (tertiary/aromatic N) is 2. The average molecular weight is 327 g/mol. The molecule has 0 bridgehead atoms. The first-order valence-electron chi connectivity index (χ1n) is 7.55. The predicted octanol–water partition coefficient (Wildman–Crippen LogP) is 1.58. The van der Waals surface area contributed by atoms with Gasteiger partial charge in [-0.25, -0.2) is 14.8 Å². The SMILES string of the molecule is Cc1ncc(C(=O)N[C@H](C(=O)O)c2ccc3c(c2)CCO3)c(C)n1. The van der Waals surface area contributed by atoms with Gasteiger partial charge in [0.15, 0.2) is 6.04 Å². The fourth-order valence-electron chi connectivity index (χ4n) is 2.69. The lowest BCUT2D eigenvalue weighted by Gasteiger charge is -2.16. The third kappa shape index (κ3) is 3.05. The minimum absolute atomic E-state index is 0.261. The van der Waals surface area contributed by atoms with Crippen LogP contribution in [0.2, 0.25) is 0 Å². The van der Waals surface area contributed by atoms with Crippen LogP contribution in [0.15, 0.2) is 24.4 Å². The maximum atomic E-state index is 12.4. The summed E-state index contributed by atoms with van der Waals surface area (Å²) in [6.07, 6.45) is 2.14. The first-order valence-corrected chi connectivity index (χ1v) is 7.55. The number of aromatic nitrogens is 2. The molecule has 24 heavy (non-hydrogen) atoms. The van der Waals surface area contributed by atoms with Gasteiger partial charge in [0.25, 0.3) is 5.91 Å². The summed E-state index contributed by atoms with van der Waals surface area (Å²) in [5, 5.41) is 12.0. The number of hydrogen-bond acceptors (Lipinski definition) is 5. The van der Waals surface area contributed by atoms with Crippen molar-refractivity contribution in [2.75, 3.05) is 6.61 Å². The number of amides is 1. The van der Waals surface area contributed by atoms with E-state index >= 15 is 0 Å². The minimum Gasteiger partial charge on any atom is -0.493 e. The van der Waals surface area contributed by atoms with Gasteiger partial charge < -0.3 is 15.2 Å². The minimum atomic E-state index is -1.15. The van der Waals surface area contributed by atoms with Crippen molar-refractivity contribution in [3.63, 3.8) is 0 Å². The van der Waals surface area contributed by atoms with Gasteiger partial charge >= 0.3 is 5.97 Å². The van der Waals surface area contributed by atoms with Crippen LogP contribution in [0.4, 0.5) is 0 Å². The number of carbonyl (C=O) groups excluding carboxylic acids is 1. The molecule has 1 amide bonds. The molecule has 1 aromatic carbocycles. The molecule has 2 N–H and O–H groups in total. The Morgan fingerprint density at radius 3 is 2.83 bits per heavy atom. The largest absolute Gasteiger partial charge is 0.493 e. The van der Waals surface area contributed by atoms with E-state index in [9.17, 15) is 14.7 Å². The van der Waals surface area contributed by atoms with Crippen molar-refractivity contribution in [3.05, 3.63) is 52.6 Å². The Labute approximate surface area is 138 Å². The Kier molecular flexibility index (Phi) is 4.16. The zero-order valence-corrected chi connectivity index (χ0v) is 13.4. The molecule has 1 aromatic heterocycles. The van der Waals surface area contributed by atoms with Crippen LogP contribution in [0.1, 0.15) is 39.0 Å². The van der Waals surface area contributed by atoms with Crippen LogP contribution in [0.3, 0.4) is 0 Å². The number of hydrogen-bond donors (Lipinski definition) is 2. The molecule has 0 fully saturated rings. The molecule has 0 radical (unpaired) electrons. The molecule has 2 heterocycles. The molecule has 1 aliphatic heterocycles. The monoisotopic (exact) mass is 327 g/mol. The number of benzene rings is 1. The summed E-state index contributed by atoms with van der Waals surface area (Å²) in [6, 6.07) is 4.01. The van der Waals surface area contributed by atoms with Crippen molar-refractivity contribution in [1.29, 1.82) is 0 Å². The van der Waals surface area contributed by atoms with Crippen LogP contribution in [0, 0.1) is 13.8 Å². The van der Waals surface area contributed by atoms with E-state index in [1.54, 1.807) is 32.0 Å². The van der Waals surface area contributed by atoms with E-state index in [4.69, 9.17) is 4.74 Å². The highest BCUT2D eigenvalue weighted by Gasteiger charge is 2.25. The average Bonchev–Trinajstić information content (AvgIpc) is 2.99. The Balaban J connectivity index is 1.86. The van der Waals surface area contributed by atoms with Crippen LogP contribution in [0.25, 0.3) is 0 Å². The molecule has 0 aliphatic carbocycles. The molecule has 0 unspecified atom stereocenters. The van der Waals surface area contributed by atoms with Gasteiger partial charge in [-0.3, -0.25) is 4.79 Å². The molecule has 2 aromatic rings. The quantitative estimate of drug-likeness (QED) is 0.884. The number of rotatable bonds is 4. The number of ether oxygens (including phenoxy) is 1. The van der Waals surface area contributed by atoms with Crippen LogP contribution in [0.5, 0.6) is 5.75 Å². The van der Waals surface area contributed by atoms with E-state index < -0.39 is 17.9 Å². The second-order valence-corrected chi connectivity index (χ2v) is 5.63. The summed E-state index contributed by atoms with van der Waals surface area (Å²) in [7, 11) is 0. The van der Waals surface area contributed by atoms with Gasteiger partial charge in [-0.1, -0.05) is 6.07 Å². The van der Waals surface area contributed by atoms with Crippen molar-refractivity contribution in [2.24, 2.45) is 0 Å². The fourth-order valence-corrected chi connectivity index (χ4v) is 2.69. The van der Waals surface area contributed by atoms with Crippen LogP contribution in [-0.4, -0.2) is 33.6 Å². The number of nitrogens with one attached hydrogen (secondary N) is 1. The molecule has 7 nitrogen and oxygen atoms in total. The lowest BCUT2D eigenvalue weighted by Crippen LogP contribution is -2.34. The molecule has 124 valence electrons. The number of carbonyl (C=O) groups is 2. The van der Waals surface area contributed by atoms with Gasteiger partial charge in [0.1, 0.15) is 11.6 Å². The summed E-state index contributed by atoms with van der Waals surface area (Å²) in [5.41, 5.74) is 2.22. The number of aryl methyl sites for hydroxylation is 2. The normalized spacial score (nSPS) is 13.8. The third-order valence-corrected chi connectivity index (χ3v) is 3.91. The van der Waals surface area contributed by atoms with Gasteiger partial charge in [0.05, 0.1) is 17.9 Å². The Morgan fingerprint density at radius 1 is 1.33 bits per heavy atom. The van der Waals surface area contributed by atoms with E-state index in [0.717, 1.165) is 17.7 Å². The summed E-state index contributed by atoms with van der Waals surface area (Å²) in [4.78, 5) is 32.2. The van der Waals surface area contributed by atoms with Crippen LogP contribution >= 0.6 is 0 Å². The third-order valence-electron chi connectivity index (χ3n) is 3.91. The van der Waals surface area contributed by atoms with Gasteiger partial charge in [-0.05, 0) is 37.1 Å². The lowest BCUT2D eigenvalue weighted by molar-refractivity contribution is -0.139. The van der Waals surface area contributed by atoms with Gasteiger partial charge in [-0.2, -0.15) is 0 Å². The lowest BCUT2D eigenvalue weighted by atomic mass is 10.0. The van der Waals surface area contributed by atoms with Gasteiger partial charge in [0.2, 0.25) is 0 Å². The first kappa shape index (κ1) is 15.9. The predicted molar refractivity (Wildman–Crippen MR) is 85.0 cm³/mol. The van der Waals surface area contributed by atoms with E-state index in [1.807, 2.05) is 0 Å². The molecule has 0 saturated carbocycles. The summed E-state index contributed by atoms with van der Waals surface area (Å²) < 4.78 is 5.42. The van der Waals surface area contributed by atoms with Crippen molar-refractivity contribution in [3.8, 4) is 5.75 Å². The smallest absolute Gasteiger partial charge is 0.330 e. The highest BCUT2D eigenvalue weighted by Crippen LogP contribution is 2.28. The van der Waals surface area contributed by atoms with E-state index in [0.29, 0.717) is 23.7 Å². The Morgan fingerprint density at radius 2 is 2.12 bits per heavy atom. The number of aliphatic carboxylic acids is 1. The number of carboxylic acids is 1. The molecule has 1 atom stereocenters. The summed E-state index contributed by atoms with van der Waals surface area (Å²) >= 11 is 0. The van der Waals surface area contributed by atoms with Crippen LogP contribution in [-0.2, 0) is 11.2 Å². The summed E-state index contributed by atoms with van der Waals surface area (Å²) in [5.74, 6) is -0.334. The molecule has 0 spiro atoms. The molecule has 1 aliphatic rings. The van der Waals surface area contributed by atoms with Gasteiger partial charge in [0, 0.05) is 12.6 Å². The maximum Gasteiger partial charge on any atom is 0.330 e. The molecule has 0 saturated heterocycles. The summed E-state index contributed by atoms with van der Waals surface area (Å²) in [6.45, 7) is 4.00. The number of fused-ring (bicyclic) bond motifs is 1. The van der Waals surface area contributed by atoms with Crippen molar-refractivity contribution >= 4 is 11.9 Å². The number of carboxylic acid groups (broad SMARTS) is 1. The van der Waals surface area contributed by atoms with Crippen molar-refractivity contribution in [1.82, 2.24) is 15.3 Å². The molecule has 3 rings (SSSR count). The fraction of sp³-hybridized carbons (Fsp3) is 0.294. The Bertz CT molecular complexity index is 819.